The fourth-order valence-electron chi connectivity index (χ4n) is 3.61. The highest BCUT2D eigenvalue weighted by Gasteiger charge is 2.26. The van der Waals surface area contributed by atoms with Crippen LogP contribution >= 0.6 is 36.4 Å². The van der Waals surface area contributed by atoms with Crippen LogP contribution in [0.1, 0.15) is 5.56 Å². The van der Waals surface area contributed by atoms with E-state index in [4.69, 9.17) is 17.3 Å². The molecule has 1 aliphatic rings. The molecule has 0 bridgehead atoms. The number of amides is 1. The average Bonchev–Trinajstić information content (AvgIpc) is 2.74. The average molecular weight is 469 g/mol. The Morgan fingerprint density at radius 2 is 1.70 bits per heavy atom. The van der Waals surface area contributed by atoms with Gasteiger partial charge in [0.15, 0.2) is 0 Å². The van der Waals surface area contributed by atoms with E-state index in [-0.39, 0.29) is 30.7 Å². The van der Waals surface area contributed by atoms with Crippen molar-refractivity contribution in [2.24, 2.45) is 5.73 Å². The largest absolute Gasteiger partial charge is 0.366 e. The van der Waals surface area contributed by atoms with Gasteiger partial charge in [-0.1, -0.05) is 41.9 Å². The molecule has 2 N–H and O–H groups in total. The van der Waals surface area contributed by atoms with Crippen molar-refractivity contribution in [1.29, 1.82) is 0 Å². The second-order valence-corrected chi connectivity index (χ2v) is 7.43. The number of carbonyl (C=O) groups is 1. The summed E-state index contributed by atoms with van der Waals surface area (Å²) in [6.07, 6.45) is 2.31. The summed E-state index contributed by atoms with van der Waals surface area (Å²) >= 11 is 5.91. The number of halogens is 3. The third kappa shape index (κ3) is 5.32. The first-order valence-electron chi connectivity index (χ1n) is 9.36. The van der Waals surface area contributed by atoms with Gasteiger partial charge in [0, 0.05) is 36.6 Å². The van der Waals surface area contributed by atoms with E-state index in [9.17, 15) is 4.79 Å². The van der Waals surface area contributed by atoms with Crippen molar-refractivity contribution in [2.45, 2.75) is 12.5 Å². The molecule has 0 saturated carbocycles. The van der Waals surface area contributed by atoms with E-state index in [1.54, 1.807) is 6.20 Å². The van der Waals surface area contributed by atoms with Gasteiger partial charge in [0.25, 0.3) is 0 Å². The number of rotatable bonds is 4. The quantitative estimate of drug-likeness (QED) is 0.635. The second-order valence-electron chi connectivity index (χ2n) is 7.00. The molecule has 9 heteroatoms. The predicted molar refractivity (Wildman–Crippen MR) is 126 cm³/mol. The fourth-order valence-corrected chi connectivity index (χ4v) is 3.73. The van der Waals surface area contributed by atoms with Crippen LogP contribution in [0, 0.1) is 0 Å². The molecule has 30 heavy (non-hydrogen) atoms. The van der Waals surface area contributed by atoms with E-state index in [1.165, 1.54) is 0 Å². The van der Waals surface area contributed by atoms with E-state index < -0.39 is 6.04 Å². The number of fused-ring (bicyclic) bond motifs is 1. The number of hydrogen-bond acceptors (Lipinski definition) is 5. The van der Waals surface area contributed by atoms with E-state index in [2.05, 4.69) is 21.2 Å². The Hall–Kier alpha value is -2.12. The van der Waals surface area contributed by atoms with E-state index >= 15 is 0 Å². The first-order valence-corrected chi connectivity index (χ1v) is 9.74. The lowest BCUT2D eigenvalue weighted by Crippen LogP contribution is -2.53. The minimum Gasteiger partial charge on any atom is -0.366 e. The van der Waals surface area contributed by atoms with Crippen LogP contribution in [0.5, 0.6) is 0 Å². The van der Waals surface area contributed by atoms with Gasteiger partial charge in [0.1, 0.15) is 0 Å². The summed E-state index contributed by atoms with van der Waals surface area (Å²) in [6, 6.07) is 14.9. The number of anilines is 1. The molecule has 1 aromatic heterocycles. The molecule has 0 unspecified atom stereocenters. The van der Waals surface area contributed by atoms with Crippen LogP contribution < -0.4 is 10.6 Å². The van der Waals surface area contributed by atoms with Crippen molar-refractivity contribution in [3.8, 4) is 0 Å². The molecule has 4 rings (SSSR count). The van der Waals surface area contributed by atoms with Gasteiger partial charge in [-0.25, -0.2) is 0 Å². The molecule has 0 radical (unpaired) electrons. The number of piperazine rings is 1. The molecule has 1 fully saturated rings. The molecule has 2 heterocycles. The highest BCUT2D eigenvalue weighted by molar-refractivity contribution is 6.30. The van der Waals surface area contributed by atoms with Crippen molar-refractivity contribution in [3.05, 3.63) is 65.3 Å². The minimum atomic E-state index is -0.545. The lowest BCUT2D eigenvalue weighted by atomic mass is 10.1. The molecular formula is C21H24Cl3N5O. The zero-order valence-corrected chi connectivity index (χ0v) is 18.7. The van der Waals surface area contributed by atoms with Gasteiger partial charge in [0.2, 0.25) is 5.91 Å². The van der Waals surface area contributed by atoms with Crippen LogP contribution in [-0.2, 0) is 11.2 Å². The molecule has 3 aromatic rings. The van der Waals surface area contributed by atoms with Crippen LogP contribution in [0.4, 0.5) is 5.69 Å². The number of nitrogens with zero attached hydrogens (tertiary/aromatic N) is 4. The summed E-state index contributed by atoms with van der Waals surface area (Å²) in [6.45, 7) is 2.78. The molecule has 160 valence electrons. The van der Waals surface area contributed by atoms with Gasteiger partial charge in [-0.2, -0.15) is 10.2 Å². The Kier molecular flexibility index (Phi) is 8.67. The molecule has 0 aliphatic carbocycles. The van der Waals surface area contributed by atoms with Crippen molar-refractivity contribution < 1.29 is 4.79 Å². The Bertz CT molecular complexity index is 973. The number of benzene rings is 2. The molecule has 1 amide bonds. The van der Waals surface area contributed by atoms with Crippen LogP contribution in [0.3, 0.4) is 0 Å². The van der Waals surface area contributed by atoms with E-state index in [0.29, 0.717) is 24.5 Å². The lowest BCUT2D eigenvalue weighted by Gasteiger charge is -2.37. The smallest absolute Gasteiger partial charge is 0.239 e. The topological polar surface area (TPSA) is 75.4 Å². The SMILES string of the molecule is Cl.Cl.N[C@H](Cc1ccc(Cl)cc1)C(=O)N1CCN(c2cnnc3ccccc23)CC1. The summed E-state index contributed by atoms with van der Waals surface area (Å²) < 4.78 is 0. The Morgan fingerprint density at radius 1 is 1.03 bits per heavy atom. The van der Waals surface area contributed by atoms with Crippen molar-refractivity contribution in [3.63, 3.8) is 0 Å². The molecular weight excluding hydrogens is 445 g/mol. The van der Waals surface area contributed by atoms with Crippen molar-refractivity contribution in [2.75, 3.05) is 31.1 Å². The van der Waals surface area contributed by atoms with Crippen LogP contribution in [0.15, 0.2) is 54.7 Å². The monoisotopic (exact) mass is 467 g/mol. The van der Waals surface area contributed by atoms with Crippen molar-refractivity contribution >= 4 is 58.9 Å². The summed E-state index contributed by atoms with van der Waals surface area (Å²) in [7, 11) is 0. The first-order chi connectivity index (χ1) is 13.6. The number of aromatic nitrogens is 2. The zero-order chi connectivity index (χ0) is 19.5. The zero-order valence-electron chi connectivity index (χ0n) is 16.3. The maximum absolute atomic E-state index is 12.8. The summed E-state index contributed by atoms with van der Waals surface area (Å²) in [5.41, 5.74) is 9.13. The van der Waals surface area contributed by atoms with E-state index in [1.807, 2.05) is 47.4 Å². The van der Waals surface area contributed by atoms with Crippen molar-refractivity contribution in [1.82, 2.24) is 15.1 Å². The van der Waals surface area contributed by atoms with Crippen LogP contribution in [-0.4, -0.2) is 53.2 Å². The standard InChI is InChI=1S/C21H22ClN5O.2ClH/c22-16-7-5-15(6-8-16)13-18(23)21(28)27-11-9-26(10-12-27)20-14-24-25-19-4-2-1-3-17(19)20;;/h1-8,14,18H,9-13,23H2;2*1H/t18-;;/m1../s1. The maximum Gasteiger partial charge on any atom is 0.239 e. The predicted octanol–water partition coefficient (Wildman–Crippen LogP) is 3.35. The highest BCUT2D eigenvalue weighted by atomic mass is 35.5. The van der Waals surface area contributed by atoms with E-state index in [0.717, 1.165) is 35.2 Å². The maximum atomic E-state index is 12.8. The normalized spacial score (nSPS) is 14.6. The van der Waals surface area contributed by atoms with Crippen LogP contribution in [0.2, 0.25) is 5.02 Å². The summed E-state index contributed by atoms with van der Waals surface area (Å²) in [5, 5.41) is 10.1. The van der Waals surface area contributed by atoms with Gasteiger partial charge in [0.05, 0.1) is 23.4 Å². The molecule has 1 atom stereocenters. The molecule has 1 aliphatic heterocycles. The van der Waals surface area contributed by atoms with Gasteiger partial charge < -0.3 is 15.5 Å². The number of carbonyl (C=O) groups excluding carboxylic acids is 1. The Balaban J connectivity index is 0.00000160. The molecule has 6 nitrogen and oxygen atoms in total. The minimum absolute atomic E-state index is 0. The number of hydrogen-bond donors (Lipinski definition) is 1. The van der Waals surface area contributed by atoms with Gasteiger partial charge >= 0.3 is 0 Å². The van der Waals surface area contributed by atoms with Gasteiger partial charge in [-0.05, 0) is 30.2 Å². The summed E-state index contributed by atoms with van der Waals surface area (Å²) in [5.74, 6) is -0.00712. The number of nitrogens with two attached hydrogens (primary N) is 1. The van der Waals surface area contributed by atoms with Gasteiger partial charge in [-0.3, -0.25) is 4.79 Å². The summed E-state index contributed by atoms with van der Waals surface area (Å²) in [4.78, 5) is 16.9. The second kappa shape index (κ2) is 10.8. The Labute approximate surface area is 193 Å². The first kappa shape index (κ1) is 24.2. The molecule has 0 spiro atoms. The third-order valence-corrected chi connectivity index (χ3v) is 5.40. The Morgan fingerprint density at radius 3 is 2.40 bits per heavy atom. The van der Waals surface area contributed by atoms with Gasteiger partial charge in [-0.15, -0.1) is 24.8 Å². The van der Waals surface area contributed by atoms with Crippen LogP contribution in [0.25, 0.3) is 10.9 Å². The molecule has 2 aromatic carbocycles. The molecule has 1 saturated heterocycles. The highest BCUT2D eigenvalue weighted by Crippen LogP contribution is 2.25. The fraction of sp³-hybridized carbons (Fsp3) is 0.286. The lowest BCUT2D eigenvalue weighted by molar-refractivity contribution is -0.132. The third-order valence-electron chi connectivity index (χ3n) is 5.14.